The predicted octanol–water partition coefficient (Wildman–Crippen LogP) is 1.51. The van der Waals surface area contributed by atoms with Gasteiger partial charge in [-0.05, 0) is 26.2 Å². The molecule has 0 aromatic rings. The van der Waals surface area contributed by atoms with Gasteiger partial charge in [-0.2, -0.15) is 5.26 Å². The molecule has 4 heteroatoms. The Morgan fingerprint density at radius 2 is 1.94 bits per heavy atom. The summed E-state index contributed by atoms with van der Waals surface area (Å²) in [5.74, 6) is 0.364. The SMILES string of the molecule is CC(C)C[C@H](N)C(=O)N(CCC#N)C(C)C. The smallest absolute Gasteiger partial charge is 0.239 e. The van der Waals surface area contributed by atoms with Crippen LogP contribution in [-0.4, -0.2) is 29.4 Å². The molecule has 0 bridgehead atoms. The number of nitrogens with two attached hydrogens (primary N) is 1. The molecule has 0 aromatic heterocycles. The Morgan fingerprint density at radius 3 is 2.31 bits per heavy atom. The lowest BCUT2D eigenvalue weighted by Crippen LogP contribution is -2.47. The van der Waals surface area contributed by atoms with E-state index in [2.05, 4.69) is 6.07 Å². The lowest BCUT2D eigenvalue weighted by molar-refractivity contribution is -0.134. The van der Waals surface area contributed by atoms with E-state index in [4.69, 9.17) is 11.0 Å². The Bertz CT molecular complexity index is 255. The first-order chi connectivity index (χ1) is 7.40. The third-order valence-corrected chi connectivity index (χ3v) is 2.41. The fraction of sp³-hybridized carbons (Fsp3) is 0.833. The standard InChI is InChI=1S/C12H23N3O/c1-9(2)8-11(14)12(16)15(10(3)4)7-5-6-13/h9-11H,5,7-8,14H2,1-4H3/t11-/m0/s1. The highest BCUT2D eigenvalue weighted by molar-refractivity contribution is 5.81. The van der Waals surface area contributed by atoms with Crippen LogP contribution in [0.15, 0.2) is 0 Å². The number of amides is 1. The van der Waals surface area contributed by atoms with Crippen LogP contribution < -0.4 is 5.73 Å². The van der Waals surface area contributed by atoms with Crippen molar-refractivity contribution in [1.29, 1.82) is 5.26 Å². The molecule has 2 N–H and O–H groups in total. The first-order valence-corrected chi connectivity index (χ1v) is 5.83. The van der Waals surface area contributed by atoms with Crippen molar-refractivity contribution in [3.63, 3.8) is 0 Å². The lowest BCUT2D eigenvalue weighted by atomic mass is 10.0. The molecule has 92 valence electrons. The van der Waals surface area contributed by atoms with Gasteiger partial charge in [-0.3, -0.25) is 4.79 Å². The minimum atomic E-state index is -0.443. The van der Waals surface area contributed by atoms with Gasteiger partial charge in [0.05, 0.1) is 18.5 Å². The lowest BCUT2D eigenvalue weighted by Gasteiger charge is -2.29. The first kappa shape index (κ1) is 14.9. The third-order valence-electron chi connectivity index (χ3n) is 2.41. The summed E-state index contributed by atoms with van der Waals surface area (Å²) in [7, 11) is 0. The monoisotopic (exact) mass is 225 g/mol. The van der Waals surface area contributed by atoms with Crippen LogP contribution in [0.3, 0.4) is 0 Å². The van der Waals surface area contributed by atoms with Crippen molar-refractivity contribution in [3.8, 4) is 6.07 Å². The summed E-state index contributed by atoms with van der Waals surface area (Å²) in [6.07, 6.45) is 1.05. The second-order valence-corrected chi connectivity index (χ2v) is 4.77. The van der Waals surface area contributed by atoms with Gasteiger partial charge < -0.3 is 10.6 Å². The van der Waals surface area contributed by atoms with Crippen molar-refractivity contribution in [1.82, 2.24) is 4.90 Å². The third kappa shape index (κ3) is 5.13. The van der Waals surface area contributed by atoms with E-state index < -0.39 is 6.04 Å². The highest BCUT2D eigenvalue weighted by Crippen LogP contribution is 2.08. The number of hydrogen-bond donors (Lipinski definition) is 1. The summed E-state index contributed by atoms with van der Waals surface area (Å²) < 4.78 is 0. The van der Waals surface area contributed by atoms with Crippen LogP contribution in [0.5, 0.6) is 0 Å². The predicted molar refractivity (Wildman–Crippen MR) is 64.5 cm³/mol. The normalized spacial score (nSPS) is 12.6. The van der Waals surface area contributed by atoms with Crippen molar-refractivity contribution >= 4 is 5.91 Å². The van der Waals surface area contributed by atoms with E-state index in [1.807, 2.05) is 27.7 Å². The van der Waals surface area contributed by atoms with Gasteiger partial charge in [-0.15, -0.1) is 0 Å². The molecule has 0 saturated carbocycles. The van der Waals surface area contributed by atoms with Gasteiger partial charge in [0.15, 0.2) is 0 Å². The van der Waals surface area contributed by atoms with E-state index in [0.717, 1.165) is 0 Å². The maximum atomic E-state index is 12.0. The van der Waals surface area contributed by atoms with Gasteiger partial charge >= 0.3 is 0 Å². The Morgan fingerprint density at radius 1 is 1.38 bits per heavy atom. The van der Waals surface area contributed by atoms with Crippen LogP contribution in [0.2, 0.25) is 0 Å². The van der Waals surface area contributed by atoms with Crippen LogP contribution in [0.4, 0.5) is 0 Å². The highest BCUT2D eigenvalue weighted by atomic mass is 16.2. The summed E-state index contributed by atoms with van der Waals surface area (Å²) >= 11 is 0. The Labute approximate surface area is 98.4 Å². The van der Waals surface area contributed by atoms with Crippen LogP contribution in [-0.2, 0) is 4.79 Å². The molecule has 0 fully saturated rings. The molecule has 4 nitrogen and oxygen atoms in total. The van der Waals surface area contributed by atoms with Crippen LogP contribution in [0, 0.1) is 17.2 Å². The zero-order chi connectivity index (χ0) is 12.7. The number of carbonyl (C=O) groups is 1. The van der Waals surface area contributed by atoms with Crippen molar-refractivity contribution in [2.24, 2.45) is 11.7 Å². The van der Waals surface area contributed by atoms with Gasteiger partial charge in [0.25, 0.3) is 0 Å². The van der Waals surface area contributed by atoms with Crippen LogP contribution in [0.25, 0.3) is 0 Å². The van der Waals surface area contributed by atoms with Crippen molar-refractivity contribution in [2.75, 3.05) is 6.54 Å². The first-order valence-electron chi connectivity index (χ1n) is 5.83. The average Bonchev–Trinajstić information content (AvgIpc) is 2.16. The Kier molecular flexibility index (Phi) is 6.75. The molecule has 0 radical (unpaired) electrons. The van der Waals surface area contributed by atoms with Gasteiger partial charge in [0.1, 0.15) is 0 Å². The van der Waals surface area contributed by atoms with Crippen molar-refractivity contribution in [2.45, 2.75) is 52.6 Å². The maximum Gasteiger partial charge on any atom is 0.239 e. The van der Waals surface area contributed by atoms with Gasteiger partial charge in [0.2, 0.25) is 5.91 Å². The molecule has 0 aliphatic heterocycles. The summed E-state index contributed by atoms with van der Waals surface area (Å²) in [5, 5.41) is 8.54. The molecule has 0 heterocycles. The second kappa shape index (κ2) is 7.24. The van der Waals surface area contributed by atoms with Gasteiger partial charge in [-0.25, -0.2) is 0 Å². The quantitative estimate of drug-likeness (QED) is 0.745. The van der Waals surface area contributed by atoms with Gasteiger partial charge in [-0.1, -0.05) is 13.8 Å². The molecule has 0 aliphatic carbocycles. The summed E-state index contributed by atoms with van der Waals surface area (Å²) in [4.78, 5) is 13.7. The second-order valence-electron chi connectivity index (χ2n) is 4.77. The molecule has 0 spiro atoms. The number of rotatable bonds is 6. The summed E-state index contributed by atoms with van der Waals surface area (Å²) in [6, 6.07) is 1.71. The zero-order valence-corrected chi connectivity index (χ0v) is 10.7. The maximum absolute atomic E-state index is 12.0. The molecule has 16 heavy (non-hydrogen) atoms. The summed E-state index contributed by atoms with van der Waals surface area (Å²) in [6.45, 7) is 8.44. The number of nitrogens with zero attached hydrogens (tertiary/aromatic N) is 2. The molecule has 0 saturated heterocycles. The number of carbonyl (C=O) groups excluding carboxylic acids is 1. The van der Waals surface area contributed by atoms with E-state index in [9.17, 15) is 4.79 Å². The van der Waals surface area contributed by atoms with E-state index in [1.54, 1.807) is 4.90 Å². The highest BCUT2D eigenvalue weighted by Gasteiger charge is 2.23. The molecular weight excluding hydrogens is 202 g/mol. The number of nitriles is 1. The molecule has 0 aromatic carbocycles. The molecule has 1 atom stereocenters. The minimum absolute atomic E-state index is 0.0426. The Balaban J connectivity index is 4.43. The largest absolute Gasteiger partial charge is 0.338 e. The molecular formula is C12H23N3O. The fourth-order valence-corrected chi connectivity index (χ4v) is 1.62. The van der Waals surface area contributed by atoms with E-state index >= 15 is 0 Å². The zero-order valence-electron chi connectivity index (χ0n) is 10.7. The molecule has 1 amide bonds. The van der Waals surface area contributed by atoms with E-state index in [1.165, 1.54) is 0 Å². The molecule has 0 rings (SSSR count). The fourth-order valence-electron chi connectivity index (χ4n) is 1.62. The van der Waals surface area contributed by atoms with Crippen molar-refractivity contribution < 1.29 is 4.79 Å². The van der Waals surface area contributed by atoms with Crippen LogP contribution in [0.1, 0.15) is 40.5 Å². The average molecular weight is 225 g/mol. The number of hydrogen-bond acceptors (Lipinski definition) is 3. The molecule has 0 aliphatic rings. The topological polar surface area (TPSA) is 70.1 Å². The van der Waals surface area contributed by atoms with E-state index in [-0.39, 0.29) is 11.9 Å². The molecule has 0 unspecified atom stereocenters. The minimum Gasteiger partial charge on any atom is -0.338 e. The van der Waals surface area contributed by atoms with Crippen molar-refractivity contribution in [3.05, 3.63) is 0 Å². The van der Waals surface area contributed by atoms with Gasteiger partial charge in [0, 0.05) is 12.6 Å². The summed E-state index contributed by atoms with van der Waals surface area (Å²) in [5.41, 5.74) is 5.85. The van der Waals surface area contributed by atoms with E-state index in [0.29, 0.717) is 25.3 Å². The van der Waals surface area contributed by atoms with Crippen LogP contribution >= 0.6 is 0 Å². The Hall–Kier alpha value is -1.08.